The van der Waals surface area contributed by atoms with E-state index in [-0.39, 0.29) is 22.9 Å². The van der Waals surface area contributed by atoms with Crippen molar-refractivity contribution < 1.29 is 18.8 Å². The third-order valence-electron chi connectivity index (χ3n) is 6.12. The van der Waals surface area contributed by atoms with Gasteiger partial charge in [-0.1, -0.05) is 66.2 Å². The molecule has 0 saturated carbocycles. The maximum absolute atomic E-state index is 14.4. The Morgan fingerprint density at radius 3 is 2.32 bits per heavy atom. The van der Waals surface area contributed by atoms with E-state index in [2.05, 4.69) is 20.9 Å². The van der Waals surface area contributed by atoms with Crippen molar-refractivity contribution in [2.24, 2.45) is 0 Å². The molecule has 5 aromatic rings. The topological polar surface area (TPSA) is 100 Å². The van der Waals surface area contributed by atoms with Crippen LogP contribution in [0.25, 0.3) is 17.3 Å². The van der Waals surface area contributed by atoms with Crippen molar-refractivity contribution in [1.82, 2.24) is 10.3 Å². The minimum atomic E-state index is -0.628. The summed E-state index contributed by atoms with van der Waals surface area (Å²) < 4.78 is 14.4. The summed E-state index contributed by atoms with van der Waals surface area (Å²) in [5.41, 5.74) is 2.30. The average molecular weight is 643 g/mol. The van der Waals surface area contributed by atoms with Gasteiger partial charge < -0.3 is 16.0 Å². The molecule has 44 heavy (non-hydrogen) atoms. The molecule has 1 heterocycles. The third kappa shape index (κ3) is 8.19. The second-order valence-corrected chi connectivity index (χ2v) is 11.5. The van der Waals surface area contributed by atoms with E-state index in [4.69, 9.17) is 11.6 Å². The molecule has 5 rings (SSSR count). The summed E-state index contributed by atoms with van der Waals surface area (Å²) in [7, 11) is 0. The van der Waals surface area contributed by atoms with Gasteiger partial charge in [-0.15, -0.1) is 23.1 Å². The fourth-order valence-electron chi connectivity index (χ4n) is 3.95. The van der Waals surface area contributed by atoms with Crippen LogP contribution in [-0.2, 0) is 9.59 Å². The molecule has 220 valence electrons. The molecule has 11 heteroatoms. The van der Waals surface area contributed by atoms with Gasteiger partial charge in [-0.3, -0.25) is 14.4 Å². The van der Waals surface area contributed by atoms with Crippen molar-refractivity contribution in [2.45, 2.75) is 4.90 Å². The molecule has 0 aliphatic heterocycles. The number of carbonyl (C=O) groups excluding carboxylic acids is 3. The number of thioether (sulfide) groups is 1. The number of benzene rings is 4. The minimum Gasteiger partial charge on any atom is -0.321 e. The largest absolute Gasteiger partial charge is 0.321 e. The van der Waals surface area contributed by atoms with Gasteiger partial charge in [0, 0.05) is 37.7 Å². The highest BCUT2D eigenvalue weighted by Gasteiger charge is 2.16. The predicted molar refractivity (Wildman–Crippen MR) is 175 cm³/mol. The summed E-state index contributed by atoms with van der Waals surface area (Å²) in [5.74, 6) is -1.74. The molecule has 0 unspecified atom stereocenters. The molecule has 0 fully saturated rings. The first-order valence-corrected chi connectivity index (χ1v) is 15.5. The Bertz CT molecular complexity index is 1830. The number of rotatable bonds is 10. The van der Waals surface area contributed by atoms with E-state index in [1.54, 1.807) is 66.7 Å². The highest BCUT2D eigenvalue weighted by Crippen LogP contribution is 2.30. The second kappa shape index (κ2) is 14.6. The zero-order valence-corrected chi connectivity index (χ0v) is 25.3. The first-order valence-electron chi connectivity index (χ1n) is 13.2. The smallest absolute Gasteiger partial charge is 0.272 e. The van der Waals surface area contributed by atoms with Crippen LogP contribution in [0.5, 0.6) is 0 Å². The normalized spacial score (nSPS) is 11.1. The van der Waals surface area contributed by atoms with Crippen LogP contribution in [0.1, 0.15) is 15.9 Å². The zero-order chi connectivity index (χ0) is 30.9. The number of thiazole rings is 1. The molecule has 0 atom stereocenters. The number of amides is 3. The number of aromatic nitrogens is 1. The van der Waals surface area contributed by atoms with Crippen molar-refractivity contribution >= 4 is 69.3 Å². The van der Waals surface area contributed by atoms with E-state index in [9.17, 15) is 18.8 Å². The van der Waals surface area contributed by atoms with Gasteiger partial charge in [0.05, 0.1) is 11.4 Å². The van der Waals surface area contributed by atoms with E-state index in [0.717, 1.165) is 10.5 Å². The lowest BCUT2D eigenvalue weighted by atomic mass is 10.1. The maximum atomic E-state index is 14.4. The Hall–Kier alpha value is -4.77. The predicted octanol–water partition coefficient (Wildman–Crippen LogP) is 7.74. The van der Waals surface area contributed by atoms with Crippen molar-refractivity contribution in [3.63, 3.8) is 0 Å². The molecule has 0 bridgehead atoms. The first kappa shape index (κ1) is 30.7. The van der Waals surface area contributed by atoms with E-state index in [0.29, 0.717) is 27.1 Å². The SMILES string of the molecule is O=C(CSc1ccc(NC(=O)/C(=C/c2ccccc2F)NC(=O)c2ccccc2)cc1)Nc1nc(-c2ccccc2Cl)cs1. The lowest BCUT2D eigenvalue weighted by Crippen LogP contribution is -2.30. The number of halogens is 2. The van der Waals surface area contributed by atoms with Gasteiger partial charge in [-0.05, 0) is 54.6 Å². The van der Waals surface area contributed by atoms with Crippen LogP contribution < -0.4 is 16.0 Å². The number of nitrogens with zero attached hydrogens (tertiary/aromatic N) is 1. The molecule has 0 aliphatic rings. The van der Waals surface area contributed by atoms with Gasteiger partial charge in [0.25, 0.3) is 11.8 Å². The van der Waals surface area contributed by atoms with Crippen LogP contribution in [0.2, 0.25) is 5.02 Å². The van der Waals surface area contributed by atoms with Gasteiger partial charge in [0.1, 0.15) is 11.5 Å². The Kier molecular flexibility index (Phi) is 10.2. The fourth-order valence-corrected chi connectivity index (χ4v) is 5.61. The molecule has 7 nitrogen and oxygen atoms in total. The van der Waals surface area contributed by atoms with E-state index >= 15 is 0 Å². The quantitative estimate of drug-likeness (QED) is 0.107. The highest BCUT2D eigenvalue weighted by molar-refractivity contribution is 8.00. The molecule has 3 N–H and O–H groups in total. The Morgan fingerprint density at radius 1 is 0.864 bits per heavy atom. The maximum Gasteiger partial charge on any atom is 0.272 e. The van der Waals surface area contributed by atoms with Gasteiger partial charge in [0.15, 0.2) is 5.13 Å². The standard InChI is InChI=1S/C33H24ClFN4O3S2/c34-26-12-6-5-11-25(26)29-19-44-33(38-29)39-30(40)20-43-24-16-14-23(15-17-24)36-32(42)28(18-22-10-4-7-13-27(22)35)37-31(41)21-8-2-1-3-9-21/h1-19H,20H2,(H,36,42)(H,37,41)(H,38,39,40)/b28-18-. The van der Waals surface area contributed by atoms with E-state index in [1.807, 2.05) is 23.6 Å². The van der Waals surface area contributed by atoms with Crippen LogP contribution >= 0.6 is 34.7 Å². The van der Waals surface area contributed by atoms with Crippen molar-refractivity contribution in [3.05, 3.63) is 136 Å². The Labute approximate surface area is 266 Å². The fraction of sp³-hybridized carbons (Fsp3) is 0.0303. The molecule has 0 spiro atoms. The monoisotopic (exact) mass is 642 g/mol. The first-order chi connectivity index (χ1) is 21.4. The van der Waals surface area contributed by atoms with E-state index < -0.39 is 17.6 Å². The van der Waals surface area contributed by atoms with Crippen LogP contribution in [0.4, 0.5) is 15.2 Å². The molecule has 0 aliphatic carbocycles. The van der Waals surface area contributed by atoms with Crippen molar-refractivity contribution in [1.29, 1.82) is 0 Å². The Morgan fingerprint density at radius 2 is 1.57 bits per heavy atom. The molecular weight excluding hydrogens is 619 g/mol. The van der Waals surface area contributed by atoms with Gasteiger partial charge in [0.2, 0.25) is 5.91 Å². The minimum absolute atomic E-state index is 0.126. The van der Waals surface area contributed by atoms with Crippen molar-refractivity contribution in [3.8, 4) is 11.3 Å². The van der Waals surface area contributed by atoms with Gasteiger partial charge in [-0.25, -0.2) is 9.37 Å². The molecule has 3 amide bonds. The Balaban J connectivity index is 1.19. The lowest BCUT2D eigenvalue weighted by Gasteiger charge is -2.12. The lowest BCUT2D eigenvalue weighted by molar-refractivity contribution is -0.114. The van der Waals surface area contributed by atoms with Crippen LogP contribution in [-0.4, -0.2) is 28.5 Å². The summed E-state index contributed by atoms with van der Waals surface area (Å²) in [6.07, 6.45) is 1.29. The number of hydrogen-bond donors (Lipinski definition) is 3. The molecule has 0 saturated heterocycles. The van der Waals surface area contributed by atoms with E-state index in [1.165, 1.54) is 47.4 Å². The van der Waals surface area contributed by atoms with Gasteiger partial charge >= 0.3 is 0 Å². The molecule has 1 aromatic heterocycles. The van der Waals surface area contributed by atoms with Crippen molar-refractivity contribution in [2.75, 3.05) is 16.4 Å². The summed E-state index contributed by atoms with van der Waals surface area (Å²) in [5, 5.41) is 11.0. The number of carbonyl (C=O) groups is 3. The summed E-state index contributed by atoms with van der Waals surface area (Å²) in [6, 6.07) is 28.6. The zero-order valence-electron chi connectivity index (χ0n) is 22.9. The average Bonchev–Trinajstić information content (AvgIpc) is 3.50. The second-order valence-electron chi connectivity index (χ2n) is 9.23. The molecular formula is C33H24ClFN4O3S2. The molecule has 4 aromatic carbocycles. The third-order valence-corrected chi connectivity index (χ3v) is 8.22. The molecule has 0 radical (unpaired) electrons. The van der Waals surface area contributed by atoms with Gasteiger partial charge in [-0.2, -0.15) is 0 Å². The van der Waals surface area contributed by atoms with Crippen LogP contribution in [0.3, 0.4) is 0 Å². The number of anilines is 2. The van der Waals surface area contributed by atoms with Crippen LogP contribution in [0.15, 0.2) is 119 Å². The highest BCUT2D eigenvalue weighted by atomic mass is 35.5. The van der Waals surface area contributed by atoms with Crippen LogP contribution in [0, 0.1) is 5.82 Å². The number of nitrogens with one attached hydrogen (secondary N) is 3. The summed E-state index contributed by atoms with van der Waals surface area (Å²) in [6.45, 7) is 0. The number of hydrogen-bond acceptors (Lipinski definition) is 6. The summed E-state index contributed by atoms with van der Waals surface area (Å²) in [4.78, 5) is 43.8. The summed E-state index contributed by atoms with van der Waals surface area (Å²) >= 11 is 8.88.